The molecule has 81 heavy (non-hydrogen) atoms. The minimum Gasteiger partial charge on any atom is -0.663 e. The average molecular weight is 1200 g/mol. The minimum atomic E-state index is -1.10. The molecule has 6 N–H and O–H groups in total. The summed E-state index contributed by atoms with van der Waals surface area (Å²) in [5.74, 6) is 4.22. The minimum absolute atomic E-state index is 0. The summed E-state index contributed by atoms with van der Waals surface area (Å²) in [4.78, 5) is 30.8. The first kappa shape index (κ1) is 77.8. The maximum Gasteiger partial charge on any atom is 0.233 e. The molecule has 1 radical (unpaired) electrons. The fraction of sp³-hybridized carbons (Fsp3) is 0.508. The molecule has 0 heterocycles. The Hall–Kier alpha value is -5.26. The Morgan fingerprint density at radius 1 is 0.519 bits per heavy atom. The van der Waals surface area contributed by atoms with Crippen LogP contribution in [0.4, 0.5) is 0 Å². The van der Waals surface area contributed by atoms with Crippen molar-refractivity contribution in [3.63, 3.8) is 0 Å². The number of hydrogen-bond donors (Lipinski definition) is 5. The molecule has 7 atom stereocenters. The van der Waals surface area contributed by atoms with Crippen molar-refractivity contribution in [3.8, 4) is 28.7 Å². The summed E-state index contributed by atoms with van der Waals surface area (Å²) < 4.78 is 23.0. The van der Waals surface area contributed by atoms with Gasteiger partial charge in [0, 0.05) is 66.4 Å². The van der Waals surface area contributed by atoms with Crippen molar-refractivity contribution in [2.45, 2.75) is 186 Å². The van der Waals surface area contributed by atoms with Gasteiger partial charge in [-0.2, -0.15) is 7.05 Å². The number of ether oxygens (including phenoxy) is 4. The summed E-state index contributed by atoms with van der Waals surface area (Å²) in [5, 5.41) is 53.0. The van der Waals surface area contributed by atoms with Crippen LogP contribution < -0.4 is 24.7 Å². The first-order valence-corrected chi connectivity index (χ1v) is 28.0. The van der Waals surface area contributed by atoms with Gasteiger partial charge in [-0.25, -0.2) is 0 Å². The second kappa shape index (κ2) is 43.4. The second-order valence-electron chi connectivity index (χ2n) is 20.1. The van der Waals surface area contributed by atoms with E-state index >= 15 is 0 Å². The molecule has 16 heteroatoms. The fourth-order valence-corrected chi connectivity index (χ4v) is 6.85. The quantitative estimate of drug-likeness (QED) is 0.0233. The molecule has 0 aliphatic heterocycles. The summed E-state index contributed by atoms with van der Waals surface area (Å²) in [6.07, 6.45) is 5.06. The molecule has 0 fully saturated rings. The Bertz CT molecular complexity index is 2540. The van der Waals surface area contributed by atoms with Crippen molar-refractivity contribution < 1.29 is 86.6 Å². The van der Waals surface area contributed by atoms with Crippen molar-refractivity contribution in [1.29, 1.82) is 0 Å². The third-order valence-corrected chi connectivity index (χ3v) is 13.3. The second-order valence-corrected chi connectivity index (χ2v) is 20.1. The summed E-state index contributed by atoms with van der Waals surface area (Å²) in [7, 11) is 1.71. The van der Waals surface area contributed by atoms with E-state index in [1.807, 2.05) is 110 Å². The van der Waals surface area contributed by atoms with Crippen LogP contribution in [0, 0.1) is 50.7 Å². The van der Waals surface area contributed by atoms with E-state index in [9.17, 15) is 35.0 Å². The number of carbonyl (C=O) groups excluding carboxylic acids is 2. The van der Waals surface area contributed by atoms with Crippen LogP contribution >= 0.6 is 0 Å². The zero-order valence-corrected chi connectivity index (χ0v) is 54.5. The average Bonchev–Trinajstić information content (AvgIpc) is 3.44. The summed E-state index contributed by atoms with van der Waals surface area (Å²) in [5.41, 5.74) is 13.3. The van der Waals surface area contributed by atoms with Crippen molar-refractivity contribution in [1.82, 2.24) is 0 Å². The normalized spacial score (nSPS) is 12.9. The fourth-order valence-electron chi connectivity index (χ4n) is 6.85. The molecular formula is C65H98N3O12Y-. The van der Waals surface area contributed by atoms with Crippen LogP contribution in [0.2, 0.25) is 0 Å². The number of carbonyl (C=O) groups is 2. The SMILES string of the molecule is CCC(C)C.CCC(C)Oc1cccc(C(O)CN)c1C.CCC(C)Oc1cccc(C(O)C[N+](=O)[O-])c1C.CCC(C)Oc1cccc(C(O)C[N-]C)c1C.CCC(C)Oc1cccc(C=O)c1C.Cc1c(O)cccc1C=O.[Y]. The number of benzene rings is 5. The molecule has 15 nitrogen and oxygen atoms in total. The van der Waals surface area contributed by atoms with E-state index in [4.69, 9.17) is 29.8 Å². The van der Waals surface area contributed by atoms with E-state index in [-0.39, 0.29) is 69.4 Å². The monoisotopic (exact) mass is 1200 g/mol. The van der Waals surface area contributed by atoms with Crippen LogP contribution in [0.5, 0.6) is 28.7 Å². The zero-order valence-electron chi connectivity index (χ0n) is 51.7. The molecule has 0 amide bonds. The van der Waals surface area contributed by atoms with Gasteiger partial charge in [-0.15, -0.1) is 6.54 Å². The number of nitrogens with two attached hydrogens (primary N) is 1. The number of hydrogen-bond acceptors (Lipinski definition) is 13. The van der Waals surface area contributed by atoms with Gasteiger partial charge in [0.25, 0.3) is 0 Å². The molecule has 0 aliphatic rings. The molecule has 0 saturated heterocycles. The number of nitro groups is 1. The Labute approximate surface area is 510 Å². The number of aromatic hydroxyl groups is 1. The van der Waals surface area contributed by atoms with Gasteiger partial charge in [-0.1, -0.05) is 116 Å². The summed E-state index contributed by atoms with van der Waals surface area (Å²) in [6.45, 7) is 32.5. The predicted octanol–water partition coefficient (Wildman–Crippen LogP) is 14.4. The Morgan fingerprint density at radius 2 is 0.827 bits per heavy atom. The summed E-state index contributed by atoms with van der Waals surface area (Å²) in [6, 6.07) is 27.1. The molecular weight excluding hydrogens is 1100 g/mol. The Kier molecular flexibility index (Phi) is 41.7. The number of aliphatic hydroxyl groups excluding tert-OH is 3. The first-order valence-electron chi connectivity index (χ1n) is 28.0. The van der Waals surface area contributed by atoms with Gasteiger partial charge in [0.2, 0.25) is 6.54 Å². The number of rotatable bonds is 23. The van der Waals surface area contributed by atoms with E-state index < -0.39 is 29.8 Å². The smallest absolute Gasteiger partial charge is 0.233 e. The van der Waals surface area contributed by atoms with Crippen molar-refractivity contribution in [3.05, 3.63) is 162 Å². The molecule has 0 spiro atoms. The first-order chi connectivity index (χ1) is 37.9. The number of phenols is 1. The van der Waals surface area contributed by atoms with Crippen LogP contribution in [-0.4, -0.2) is 89.0 Å². The van der Waals surface area contributed by atoms with Gasteiger partial charge in [0.1, 0.15) is 47.4 Å². The van der Waals surface area contributed by atoms with Gasteiger partial charge in [0.15, 0.2) is 0 Å². The van der Waals surface area contributed by atoms with Crippen LogP contribution in [0.15, 0.2) is 91.0 Å². The number of likely N-dealkylation sites (N-methyl/N-ethyl adjacent to an activating group) is 1. The molecule has 0 saturated carbocycles. The third-order valence-electron chi connectivity index (χ3n) is 13.3. The van der Waals surface area contributed by atoms with Crippen molar-refractivity contribution >= 4 is 12.6 Å². The van der Waals surface area contributed by atoms with Crippen LogP contribution in [0.3, 0.4) is 0 Å². The van der Waals surface area contributed by atoms with Gasteiger partial charge >= 0.3 is 0 Å². The maximum absolute atomic E-state index is 10.7. The summed E-state index contributed by atoms with van der Waals surface area (Å²) >= 11 is 0. The number of aliphatic hydroxyl groups is 3. The van der Waals surface area contributed by atoms with Crippen molar-refractivity contribution in [2.24, 2.45) is 11.7 Å². The Morgan fingerprint density at radius 3 is 1.12 bits per heavy atom. The van der Waals surface area contributed by atoms with Gasteiger partial charge in [-0.05, 0) is 158 Å². The van der Waals surface area contributed by atoms with E-state index in [1.54, 1.807) is 57.3 Å². The van der Waals surface area contributed by atoms with E-state index in [2.05, 4.69) is 46.9 Å². The van der Waals surface area contributed by atoms with Gasteiger partial charge < -0.3 is 50.4 Å². The molecule has 0 bridgehead atoms. The van der Waals surface area contributed by atoms with E-state index in [0.717, 1.165) is 94.8 Å². The number of nitrogens with zero attached hydrogens (tertiary/aromatic N) is 2. The van der Waals surface area contributed by atoms with E-state index in [1.165, 1.54) is 6.42 Å². The number of aldehydes is 2. The molecule has 0 aliphatic carbocycles. The molecule has 7 unspecified atom stereocenters. The predicted molar refractivity (Wildman–Crippen MR) is 325 cm³/mol. The standard InChI is InChI=1S/C14H22NO2.C13H19NO4.C13H21NO2.C12H16O2.C8H8O2.C5H12.Y/c1-5-10(2)17-14-8-6-7-12(11(14)3)13(16)9-15-4;1-4-9(2)18-13-7-5-6-11(10(13)3)12(15)8-14(16)17;1-4-9(2)16-13-7-5-6-11(10(13)3)12(15)8-14;1-4-9(2)14-12-7-5-6-11(8-13)10(12)3;1-6-7(5-9)3-2-4-8(6)10;1-4-5(2)3;/h6-8,10,13,16H,5,9H2,1-4H3;5-7,9,12,15H,4,8H2,1-3H3;5-7,9,12,15H,4,8,14H2,1-3H3;5-9H,4H2,1-3H3;2-5,10H,1H3;5H,4H2,1-3H3;/q-1;;;;;;. The topological polar surface area (TPSA) is 235 Å². The molecule has 0 aromatic heterocycles. The van der Waals surface area contributed by atoms with Crippen LogP contribution in [0.25, 0.3) is 5.32 Å². The van der Waals surface area contributed by atoms with Gasteiger partial charge in [-0.3, -0.25) is 19.7 Å². The zero-order chi connectivity index (χ0) is 61.1. The van der Waals surface area contributed by atoms with Crippen molar-refractivity contribution in [2.75, 3.05) is 26.7 Å². The number of phenolic OH excluding ortho intramolecular Hbond substituents is 1. The maximum atomic E-state index is 10.7. The molecule has 5 rings (SSSR count). The largest absolute Gasteiger partial charge is 0.663 e. The molecule has 5 aromatic rings. The third kappa shape index (κ3) is 29.5. The Balaban J connectivity index is 0. The van der Waals surface area contributed by atoms with Crippen LogP contribution in [0.1, 0.15) is 192 Å². The van der Waals surface area contributed by atoms with Crippen LogP contribution in [-0.2, 0) is 32.7 Å². The molecule has 5 aromatic carbocycles. The van der Waals surface area contributed by atoms with E-state index in [0.29, 0.717) is 34.5 Å². The molecule has 449 valence electrons. The van der Waals surface area contributed by atoms with Gasteiger partial charge in [0.05, 0.1) is 36.6 Å².